The fraction of sp³-hybridized carbons (Fsp3) is 0.550. The molecule has 3 fully saturated rings. The molecule has 3 aliphatic rings. The molecule has 3 atom stereocenters. The summed E-state index contributed by atoms with van der Waals surface area (Å²) in [5, 5.41) is 2.98. The van der Waals surface area contributed by atoms with Gasteiger partial charge in [0.05, 0.1) is 17.1 Å². The van der Waals surface area contributed by atoms with E-state index in [1.165, 1.54) is 10.0 Å². The number of carbonyl (C=O) groups excluding carboxylic acids is 3. The van der Waals surface area contributed by atoms with E-state index in [0.717, 1.165) is 19.3 Å². The fourth-order valence-electron chi connectivity index (χ4n) is 5.51. The van der Waals surface area contributed by atoms with Gasteiger partial charge in [-0.05, 0) is 42.7 Å². The summed E-state index contributed by atoms with van der Waals surface area (Å²) in [5.74, 6) is -0.589. The lowest BCUT2D eigenvalue weighted by atomic mass is 9.67. The minimum Gasteiger partial charge on any atom is -0.289 e. The summed E-state index contributed by atoms with van der Waals surface area (Å²) < 4.78 is 0. The number of Topliss-reactive ketones (excluding diaryl/α,β-unsaturated/α-hetero) is 1. The average molecular weight is 340 g/mol. The van der Waals surface area contributed by atoms with Gasteiger partial charge >= 0.3 is 5.91 Å². The van der Waals surface area contributed by atoms with Crippen LogP contribution in [0.4, 0.5) is 5.69 Å². The first-order valence-electron chi connectivity index (χ1n) is 9.12. The number of fused-ring (bicyclic) bond motifs is 1. The third kappa shape index (κ3) is 1.81. The number of rotatable bonds is 3. The number of hydrazine groups is 1. The summed E-state index contributed by atoms with van der Waals surface area (Å²) >= 11 is 0. The molecule has 1 aliphatic heterocycles. The van der Waals surface area contributed by atoms with Crippen LogP contribution in [-0.4, -0.2) is 28.6 Å². The number of ketones is 1. The van der Waals surface area contributed by atoms with E-state index < -0.39 is 17.1 Å². The molecule has 0 radical (unpaired) electrons. The summed E-state index contributed by atoms with van der Waals surface area (Å²) in [6.45, 7) is 5.99. The fourth-order valence-corrected chi connectivity index (χ4v) is 5.51. The highest BCUT2D eigenvalue weighted by Crippen LogP contribution is 2.70. The van der Waals surface area contributed by atoms with E-state index in [1.807, 2.05) is 30.3 Å². The van der Waals surface area contributed by atoms with Crippen LogP contribution >= 0.6 is 0 Å². The molecule has 2 amide bonds. The Balaban J connectivity index is 1.87. The first-order valence-corrected chi connectivity index (χ1v) is 9.12. The van der Waals surface area contributed by atoms with Gasteiger partial charge in [-0.15, -0.1) is 0 Å². The van der Waals surface area contributed by atoms with Gasteiger partial charge in [0.25, 0.3) is 5.91 Å². The number of amides is 2. The highest BCUT2D eigenvalue weighted by molar-refractivity contribution is 6.37. The monoisotopic (exact) mass is 340 g/mol. The van der Waals surface area contributed by atoms with Gasteiger partial charge in [-0.2, -0.15) is 0 Å². The van der Waals surface area contributed by atoms with Gasteiger partial charge in [-0.3, -0.25) is 14.4 Å². The second kappa shape index (κ2) is 5.16. The number of anilines is 1. The van der Waals surface area contributed by atoms with E-state index in [4.69, 9.17) is 0 Å². The maximum Gasteiger partial charge on any atom is 0.309 e. The van der Waals surface area contributed by atoms with Gasteiger partial charge in [0.15, 0.2) is 0 Å². The molecule has 1 spiro atoms. The Morgan fingerprint density at radius 3 is 2.48 bits per heavy atom. The Labute approximate surface area is 147 Å². The number of hydrogen-bond acceptors (Lipinski definition) is 3. The number of hydrogen-bond donors (Lipinski definition) is 0. The smallest absolute Gasteiger partial charge is 0.289 e. The lowest BCUT2D eigenvalue weighted by Crippen LogP contribution is -2.50. The topological polar surface area (TPSA) is 57.7 Å². The molecule has 0 N–H and O–H groups in total. The number of benzene rings is 1. The molecule has 25 heavy (non-hydrogen) atoms. The summed E-state index contributed by atoms with van der Waals surface area (Å²) in [6.07, 6.45) is 2.76. The van der Waals surface area contributed by atoms with Crippen molar-refractivity contribution in [3.8, 4) is 0 Å². The molecule has 0 unspecified atom stereocenters. The minimum atomic E-state index is -0.572. The molecule has 1 saturated heterocycles. The Morgan fingerprint density at radius 2 is 1.88 bits per heavy atom. The quantitative estimate of drug-likeness (QED) is 0.795. The normalized spacial score (nSPS) is 32.2. The molecule has 5 nitrogen and oxygen atoms in total. The van der Waals surface area contributed by atoms with E-state index in [-0.39, 0.29) is 23.8 Å². The van der Waals surface area contributed by atoms with Crippen LogP contribution in [-0.2, 0) is 14.4 Å². The molecular weight excluding hydrogens is 316 g/mol. The van der Waals surface area contributed by atoms with Crippen LogP contribution in [0.25, 0.3) is 0 Å². The SMILES string of the molecule is CCC(=O)C(=O)N1[C@H]2C[C@H]3CC[C@]2(C(=O)N1c1ccccc1)C3(C)C. The first kappa shape index (κ1) is 16.3. The minimum absolute atomic E-state index is 0.0223. The Bertz CT molecular complexity index is 757. The Hall–Kier alpha value is -2.17. The summed E-state index contributed by atoms with van der Waals surface area (Å²) in [4.78, 5) is 38.8. The highest BCUT2D eigenvalue weighted by Gasteiger charge is 2.75. The van der Waals surface area contributed by atoms with Crippen molar-refractivity contribution in [2.45, 2.75) is 52.5 Å². The molecule has 2 aliphatic carbocycles. The van der Waals surface area contributed by atoms with Gasteiger partial charge in [-0.25, -0.2) is 10.0 Å². The Morgan fingerprint density at radius 1 is 1.20 bits per heavy atom. The van der Waals surface area contributed by atoms with E-state index in [2.05, 4.69) is 13.8 Å². The summed E-state index contributed by atoms with van der Waals surface area (Å²) in [7, 11) is 0. The van der Waals surface area contributed by atoms with Gasteiger partial charge < -0.3 is 0 Å². The molecule has 2 bridgehead atoms. The maximum absolute atomic E-state index is 13.6. The Kier molecular flexibility index (Phi) is 3.37. The molecule has 1 aromatic carbocycles. The second-order valence-electron chi connectivity index (χ2n) is 8.06. The molecule has 2 saturated carbocycles. The predicted octanol–water partition coefficient (Wildman–Crippen LogP) is 2.95. The third-order valence-corrected chi connectivity index (χ3v) is 6.99. The first-order chi connectivity index (χ1) is 11.9. The van der Waals surface area contributed by atoms with Crippen LogP contribution in [0.5, 0.6) is 0 Å². The third-order valence-electron chi connectivity index (χ3n) is 6.99. The number of para-hydroxylation sites is 1. The van der Waals surface area contributed by atoms with Crippen molar-refractivity contribution in [1.29, 1.82) is 0 Å². The molecule has 1 aromatic rings. The van der Waals surface area contributed by atoms with Crippen molar-refractivity contribution in [2.75, 3.05) is 5.01 Å². The lowest BCUT2D eigenvalue weighted by Gasteiger charge is -2.34. The number of carbonyl (C=O) groups is 3. The van der Waals surface area contributed by atoms with Crippen LogP contribution in [0, 0.1) is 16.7 Å². The van der Waals surface area contributed by atoms with Gasteiger partial charge in [0, 0.05) is 6.42 Å². The van der Waals surface area contributed by atoms with Crippen molar-refractivity contribution < 1.29 is 14.4 Å². The zero-order valence-electron chi connectivity index (χ0n) is 15.0. The average Bonchev–Trinajstić information content (AvgIpc) is 3.13. The molecular formula is C20H24N2O3. The molecule has 5 heteroatoms. The second-order valence-corrected chi connectivity index (χ2v) is 8.06. The van der Waals surface area contributed by atoms with Crippen molar-refractivity contribution in [3.63, 3.8) is 0 Å². The maximum atomic E-state index is 13.6. The van der Waals surface area contributed by atoms with Gasteiger partial charge in [0.2, 0.25) is 5.78 Å². The van der Waals surface area contributed by atoms with Crippen LogP contribution in [0.2, 0.25) is 0 Å². The van der Waals surface area contributed by atoms with Crippen LogP contribution < -0.4 is 5.01 Å². The zero-order chi connectivity index (χ0) is 18.0. The van der Waals surface area contributed by atoms with E-state index in [9.17, 15) is 14.4 Å². The summed E-state index contributed by atoms with van der Waals surface area (Å²) in [6, 6.07) is 9.01. The van der Waals surface area contributed by atoms with Crippen molar-refractivity contribution >= 4 is 23.3 Å². The van der Waals surface area contributed by atoms with Crippen LogP contribution in [0.1, 0.15) is 46.5 Å². The molecule has 0 aromatic heterocycles. The van der Waals surface area contributed by atoms with Crippen molar-refractivity contribution in [1.82, 2.24) is 5.01 Å². The standard InChI is InChI=1S/C20H24N2O3/c1-4-15(23)17(24)22-16-12-13-10-11-20(16,19(13,2)3)18(25)21(22)14-8-6-5-7-9-14/h5-9,13,16H,4,10-12H2,1-3H3/t13-,16+,20+/m1/s1. The van der Waals surface area contributed by atoms with Crippen LogP contribution in [0.15, 0.2) is 30.3 Å². The molecule has 132 valence electrons. The van der Waals surface area contributed by atoms with Crippen molar-refractivity contribution in [3.05, 3.63) is 30.3 Å². The molecule has 1 heterocycles. The zero-order valence-corrected chi connectivity index (χ0v) is 15.0. The number of nitrogens with zero attached hydrogens (tertiary/aromatic N) is 2. The predicted molar refractivity (Wildman–Crippen MR) is 93.4 cm³/mol. The van der Waals surface area contributed by atoms with E-state index >= 15 is 0 Å². The molecule has 4 rings (SSSR count). The lowest BCUT2D eigenvalue weighted by molar-refractivity contribution is -0.146. The van der Waals surface area contributed by atoms with E-state index in [1.54, 1.807) is 6.92 Å². The van der Waals surface area contributed by atoms with Crippen LogP contribution in [0.3, 0.4) is 0 Å². The van der Waals surface area contributed by atoms with Gasteiger partial charge in [0.1, 0.15) is 0 Å². The largest absolute Gasteiger partial charge is 0.309 e. The van der Waals surface area contributed by atoms with E-state index in [0.29, 0.717) is 11.6 Å². The van der Waals surface area contributed by atoms with Crippen molar-refractivity contribution in [2.24, 2.45) is 16.7 Å². The summed E-state index contributed by atoms with van der Waals surface area (Å²) in [5.41, 5.74) is -0.0729. The van der Waals surface area contributed by atoms with Gasteiger partial charge in [-0.1, -0.05) is 39.0 Å². The highest BCUT2D eigenvalue weighted by atomic mass is 16.2.